The van der Waals surface area contributed by atoms with Gasteiger partial charge in [0.25, 0.3) is 0 Å². The van der Waals surface area contributed by atoms with E-state index in [1.807, 2.05) is 6.92 Å². The van der Waals surface area contributed by atoms with Gasteiger partial charge >= 0.3 is 12.0 Å². The smallest absolute Gasteiger partial charge is 0.326 e. The van der Waals surface area contributed by atoms with Crippen LogP contribution in [0.4, 0.5) is 4.79 Å². The topological polar surface area (TPSA) is 99.1 Å². The third-order valence-corrected chi connectivity index (χ3v) is 2.97. The van der Waals surface area contributed by atoms with Gasteiger partial charge in [0, 0.05) is 19.6 Å². The summed E-state index contributed by atoms with van der Waals surface area (Å²) in [6, 6.07) is -1.49. The van der Waals surface area contributed by atoms with E-state index in [2.05, 4.69) is 5.32 Å². The minimum atomic E-state index is -1.14. The molecule has 104 valence electrons. The van der Waals surface area contributed by atoms with E-state index in [4.69, 9.17) is 14.9 Å². The zero-order valence-electron chi connectivity index (χ0n) is 10.5. The molecule has 0 aromatic carbocycles. The van der Waals surface area contributed by atoms with Crippen molar-refractivity contribution in [2.24, 2.45) is 0 Å². The molecule has 1 aliphatic heterocycles. The van der Waals surface area contributed by atoms with Gasteiger partial charge in [0.15, 0.2) is 0 Å². The Balaban J connectivity index is 2.58. The number of morpholine rings is 1. The molecule has 1 saturated heterocycles. The lowest BCUT2D eigenvalue weighted by Gasteiger charge is -2.35. The monoisotopic (exact) mass is 260 g/mol. The molecular formula is C11H20N2O5. The summed E-state index contributed by atoms with van der Waals surface area (Å²) in [5, 5.41) is 20.1. The molecule has 7 nitrogen and oxygen atoms in total. The van der Waals surface area contributed by atoms with Crippen LogP contribution in [0.15, 0.2) is 0 Å². The fourth-order valence-corrected chi connectivity index (χ4v) is 1.88. The van der Waals surface area contributed by atoms with Crippen LogP contribution in [0.25, 0.3) is 0 Å². The molecule has 1 heterocycles. The number of hydrogen-bond donors (Lipinski definition) is 3. The number of carboxylic acid groups (broad SMARTS) is 1. The van der Waals surface area contributed by atoms with Crippen molar-refractivity contribution in [1.29, 1.82) is 0 Å². The second-order valence-electron chi connectivity index (χ2n) is 4.18. The summed E-state index contributed by atoms with van der Waals surface area (Å²) in [7, 11) is 0. The summed E-state index contributed by atoms with van der Waals surface area (Å²) in [6.45, 7) is 3.05. The first-order chi connectivity index (χ1) is 8.60. The maximum Gasteiger partial charge on any atom is 0.326 e. The molecule has 0 radical (unpaired) electrons. The first-order valence-electron chi connectivity index (χ1n) is 6.08. The van der Waals surface area contributed by atoms with E-state index < -0.39 is 18.0 Å². The number of rotatable bonds is 5. The van der Waals surface area contributed by atoms with Crippen molar-refractivity contribution >= 4 is 12.0 Å². The molecule has 1 aliphatic rings. The summed E-state index contributed by atoms with van der Waals surface area (Å²) in [5.74, 6) is -1.14. The van der Waals surface area contributed by atoms with Crippen molar-refractivity contribution in [3.05, 3.63) is 0 Å². The van der Waals surface area contributed by atoms with Gasteiger partial charge in [0.2, 0.25) is 0 Å². The second kappa shape index (κ2) is 7.17. The van der Waals surface area contributed by atoms with Crippen LogP contribution in [0, 0.1) is 0 Å². The molecule has 2 amide bonds. The Bertz CT molecular complexity index is 297. The maximum atomic E-state index is 12.0. The summed E-state index contributed by atoms with van der Waals surface area (Å²) >= 11 is 0. The van der Waals surface area contributed by atoms with Crippen LogP contribution in [0.1, 0.15) is 19.8 Å². The highest BCUT2D eigenvalue weighted by Crippen LogP contribution is 2.10. The first-order valence-corrected chi connectivity index (χ1v) is 6.08. The largest absolute Gasteiger partial charge is 0.480 e. The number of urea groups is 1. The van der Waals surface area contributed by atoms with Crippen LogP contribution < -0.4 is 5.32 Å². The first kappa shape index (κ1) is 14.7. The summed E-state index contributed by atoms with van der Waals surface area (Å²) in [6.07, 6.45) is 0.757. The van der Waals surface area contributed by atoms with Gasteiger partial charge < -0.3 is 25.2 Å². The standard InChI is InChI=1S/C11H20N2O5/c1-2-8-7-18-6-4-13(8)11(17)12-9(3-5-14)10(15)16/h8-9,14H,2-7H2,1H3,(H,12,17)(H,15,16)/t8?,9-/m0/s1. The van der Waals surface area contributed by atoms with Gasteiger partial charge in [-0.1, -0.05) is 6.92 Å². The van der Waals surface area contributed by atoms with E-state index in [0.717, 1.165) is 6.42 Å². The molecular weight excluding hydrogens is 240 g/mol. The van der Waals surface area contributed by atoms with E-state index in [1.54, 1.807) is 4.90 Å². The Morgan fingerprint density at radius 3 is 2.83 bits per heavy atom. The summed E-state index contributed by atoms with van der Waals surface area (Å²) in [5.41, 5.74) is 0. The highest BCUT2D eigenvalue weighted by molar-refractivity contribution is 5.82. The van der Waals surface area contributed by atoms with Crippen LogP contribution in [0.2, 0.25) is 0 Å². The molecule has 0 aliphatic carbocycles. The molecule has 2 atom stereocenters. The number of hydrogen-bond acceptors (Lipinski definition) is 4. The van der Waals surface area contributed by atoms with Crippen molar-refractivity contribution in [1.82, 2.24) is 10.2 Å². The number of aliphatic hydroxyl groups is 1. The zero-order chi connectivity index (χ0) is 13.5. The predicted molar refractivity (Wildman–Crippen MR) is 63.3 cm³/mol. The van der Waals surface area contributed by atoms with Crippen LogP contribution in [0.3, 0.4) is 0 Å². The van der Waals surface area contributed by atoms with Gasteiger partial charge in [0.05, 0.1) is 19.3 Å². The van der Waals surface area contributed by atoms with Gasteiger partial charge in [0.1, 0.15) is 6.04 Å². The number of ether oxygens (including phenoxy) is 1. The quantitative estimate of drug-likeness (QED) is 0.627. The zero-order valence-corrected chi connectivity index (χ0v) is 10.5. The number of amides is 2. The molecule has 0 aromatic heterocycles. The number of nitrogens with zero attached hydrogens (tertiary/aromatic N) is 1. The van der Waals surface area contributed by atoms with Gasteiger partial charge in [-0.2, -0.15) is 0 Å². The second-order valence-corrected chi connectivity index (χ2v) is 4.18. The molecule has 1 rings (SSSR count). The minimum Gasteiger partial charge on any atom is -0.480 e. The lowest BCUT2D eigenvalue weighted by molar-refractivity contribution is -0.139. The highest BCUT2D eigenvalue weighted by Gasteiger charge is 2.28. The number of aliphatic hydroxyl groups excluding tert-OH is 1. The number of nitrogens with one attached hydrogen (secondary N) is 1. The SMILES string of the molecule is CCC1COCCN1C(=O)N[C@@H](CCO)C(=O)O. The summed E-state index contributed by atoms with van der Waals surface area (Å²) < 4.78 is 5.28. The van der Waals surface area contributed by atoms with Crippen LogP contribution in [-0.4, -0.2) is 65.6 Å². The predicted octanol–water partition coefficient (Wildman–Crippen LogP) is -0.358. The van der Waals surface area contributed by atoms with Crippen molar-refractivity contribution in [2.45, 2.75) is 31.8 Å². The van der Waals surface area contributed by atoms with E-state index in [0.29, 0.717) is 19.8 Å². The van der Waals surface area contributed by atoms with Crippen LogP contribution >= 0.6 is 0 Å². The highest BCUT2D eigenvalue weighted by atomic mass is 16.5. The number of carbonyl (C=O) groups excluding carboxylic acids is 1. The van der Waals surface area contributed by atoms with E-state index in [9.17, 15) is 9.59 Å². The third kappa shape index (κ3) is 3.85. The van der Waals surface area contributed by atoms with Crippen molar-refractivity contribution in [3.8, 4) is 0 Å². The Kier molecular flexibility index (Phi) is 5.87. The molecule has 3 N–H and O–H groups in total. The fourth-order valence-electron chi connectivity index (χ4n) is 1.88. The third-order valence-electron chi connectivity index (χ3n) is 2.97. The van der Waals surface area contributed by atoms with Crippen LogP contribution in [0.5, 0.6) is 0 Å². The normalized spacial score (nSPS) is 21.4. The molecule has 0 aromatic rings. The fraction of sp³-hybridized carbons (Fsp3) is 0.818. The Morgan fingerprint density at radius 2 is 2.28 bits per heavy atom. The average molecular weight is 260 g/mol. The van der Waals surface area contributed by atoms with E-state index >= 15 is 0 Å². The lowest BCUT2D eigenvalue weighted by Crippen LogP contribution is -2.55. The molecule has 0 spiro atoms. The van der Waals surface area contributed by atoms with Gasteiger partial charge in [-0.05, 0) is 6.42 Å². The number of aliphatic carboxylic acids is 1. The van der Waals surface area contributed by atoms with Gasteiger partial charge in [-0.3, -0.25) is 0 Å². The Morgan fingerprint density at radius 1 is 1.56 bits per heavy atom. The van der Waals surface area contributed by atoms with Crippen molar-refractivity contribution < 1.29 is 24.5 Å². The van der Waals surface area contributed by atoms with E-state index in [1.165, 1.54) is 0 Å². The minimum absolute atomic E-state index is 0.00219. The maximum absolute atomic E-state index is 12.0. The van der Waals surface area contributed by atoms with Gasteiger partial charge in [-0.25, -0.2) is 9.59 Å². The Hall–Kier alpha value is -1.34. The molecule has 0 saturated carbocycles. The molecule has 1 unspecified atom stereocenters. The lowest BCUT2D eigenvalue weighted by atomic mass is 10.2. The molecule has 7 heteroatoms. The summed E-state index contributed by atoms with van der Waals surface area (Å²) in [4.78, 5) is 24.5. The number of carboxylic acids is 1. The molecule has 18 heavy (non-hydrogen) atoms. The van der Waals surface area contributed by atoms with Crippen LogP contribution in [-0.2, 0) is 9.53 Å². The number of carbonyl (C=O) groups is 2. The molecule has 1 fully saturated rings. The molecule has 0 bridgehead atoms. The van der Waals surface area contributed by atoms with Crippen molar-refractivity contribution in [2.75, 3.05) is 26.4 Å². The van der Waals surface area contributed by atoms with Crippen molar-refractivity contribution in [3.63, 3.8) is 0 Å². The van der Waals surface area contributed by atoms with E-state index in [-0.39, 0.29) is 19.1 Å². The Labute approximate surface area is 106 Å². The average Bonchev–Trinajstić information content (AvgIpc) is 2.37. The van der Waals surface area contributed by atoms with Gasteiger partial charge in [-0.15, -0.1) is 0 Å².